The molecule has 7 heteroatoms. The molecule has 0 saturated carbocycles. The molecule has 1 aliphatic rings. The molecule has 1 saturated heterocycles. The second kappa shape index (κ2) is 4.75. The van der Waals surface area contributed by atoms with E-state index in [2.05, 4.69) is 4.72 Å². The largest absolute Gasteiger partial charge is 0.388 e. The molecular formula is C8H18N2O4S. The summed E-state index contributed by atoms with van der Waals surface area (Å²) >= 11 is 0. The van der Waals surface area contributed by atoms with E-state index in [1.165, 1.54) is 14.1 Å². The van der Waals surface area contributed by atoms with E-state index in [9.17, 15) is 13.5 Å². The first kappa shape index (κ1) is 12.9. The fourth-order valence-corrected chi connectivity index (χ4v) is 2.29. The third kappa shape index (κ3) is 3.39. The standard InChI is InChI=1S/C8H18N2O4S/c1-9-15(12,13)10(2)7-8(11)3-5-14-6-4-8/h9,11H,3-7H2,1-2H3. The average Bonchev–Trinajstić information content (AvgIpc) is 2.18. The lowest BCUT2D eigenvalue weighted by Gasteiger charge is -2.34. The first-order valence-electron chi connectivity index (χ1n) is 4.85. The molecule has 0 unspecified atom stereocenters. The van der Waals surface area contributed by atoms with Gasteiger partial charge in [-0.25, -0.2) is 4.72 Å². The van der Waals surface area contributed by atoms with Crippen LogP contribution in [0.3, 0.4) is 0 Å². The molecule has 0 atom stereocenters. The Hall–Kier alpha value is -0.210. The highest BCUT2D eigenvalue weighted by molar-refractivity contribution is 7.87. The van der Waals surface area contributed by atoms with Gasteiger partial charge in [0, 0.05) is 46.7 Å². The van der Waals surface area contributed by atoms with Gasteiger partial charge in [-0.1, -0.05) is 0 Å². The van der Waals surface area contributed by atoms with E-state index in [0.29, 0.717) is 26.1 Å². The smallest absolute Gasteiger partial charge is 0.279 e. The highest BCUT2D eigenvalue weighted by Crippen LogP contribution is 2.21. The van der Waals surface area contributed by atoms with Crippen LogP contribution >= 0.6 is 0 Å². The number of aliphatic hydroxyl groups is 1. The minimum Gasteiger partial charge on any atom is -0.388 e. The lowest BCUT2D eigenvalue weighted by molar-refractivity contribution is -0.0690. The third-order valence-corrected chi connectivity index (χ3v) is 4.07. The van der Waals surface area contributed by atoms with Crippen LogP contribution in [0.1, 0.15) is 12.8 Å². The predicted octanol–water partition coefficient (Wildman–Crippen LogP) is -1.08. The van der Waals surface area contributed by atoms with Crippen LogP contribution in [0.5, 0.6) is 0 Å². The van der Waals surface area contributed by atoms with Gasteiger partial charge in [0.1, 0.15) is 0 Å². The quantitative estimate of drug-likeness (QED) is 0.653. The molecule has 0 spiro atoms. The maximum atomic E-state index is 11.4. The molecule has 6 nitrogen and oxygen atoms in total. The molecule has 0 aromatic rings. The van der Waals surface area contributed by atoms with Crippen LogP contribution in [0.4, 0.5) is 0 Å². The second-order valence-electron chi connectivity index (χ2n) is 3.80. The lowest BCUT2D eigenvalue weighted by atomic mass is 9.95. The van der Waals surface area contributed by atoms with Crippen molar-refractivity contribution in [1.82, 2.24) is 9.03 Å². The summed E-state index contributed by atoms with van der Waals surface area (Å²) in [6.07, 6.45) is 0.938. The van der Waals surface area contributed by atoms with Gasteiger partial charge in [0.15, 0.2) is 0 Å². The van der Waals surface area contributed by atoms with E-state index >= 15 is 0 Å². The van der Waals surface area contributed by atoms with Crippen molar-refractivity contribution in [2.45, 2.75) is 18.4 Å². The summed E-state index contributed by atoms with van der Waals surface area (Å²) in [5, 5.41) is 10.1. The molecule has 15 heavy (non-hydrogen) atoms. The van der Waals surface area contributed by atoms with E-state index in [1.54, 1.807) is 0 Å². The maximum Gasteiger partial charge on any atom is 0.279 e. The number of ether oxygens (including phenoxy) is 1. The Balaban J connectivity index is 2.60. The predicted molar refractivity (Wildman–Crippen MR) is 55.6 cm³/mol. The first-order valence-corrected chi connectivity index (χ1v) is 6.29. The number of hydrogen-bond donors (Lipinski definition) is 2. The minimum atomic E-state index is -3.45. The molecule has 90 valence electrons. The van der Waals surface area contributed by atoms with Crippen molar-refractivity contribution < 1.29 is 18.3 Å². The van der Waals surface area contributed by atoms with Crippen molar-refractivity contribution in [1.29, 1.82) is 0 Å². The SMILES string of the molecule is CNS(=O)(=O)N(C)CC1(O)CCOCC1. The van der Waals surface area contributed by atoms with Crippen LogP contribution in [-0.2, 0) is 14.9 Å². The number of rotatable bonds is 4. The van der Waals surface area contributed by atoms with Gasteiger partial charge in [0.2, 0.25) is 0 Å². The van der Waals surface area contributed by atoms with Gasteiger partial charge >= 0.3 is 0 Å². The van der Waals surface area contributed by atoms with E-state index in [0.717, 1.165) is 4.31 Å². The summed E-state index contributed by atoms with van der Waals surface area (Å²) < 4.78 is 31.2. The molecule has 1 fully saturated rings. The van der Waals surface area contributed by atoms with Crippen molar-refractivity contribution in [3.05, 3.63) is 0 Å². The van der Waals surface area contributed by atoms with E-state index in [4.69, 9.17) is 4.74 Å². The fraction of sp³-hybridized carbons (Fsp3) is 1.00. The number of nitrogens with one attached hydrogen (secondary N) is 1. The monoisotopic (exact) mass is 238 g/mol. The van der Waals surface area contributed by atoms with Gasteiger partial charge in [0.25, 0.3) is 10.2 Å². The van der Waals surface area contributed by atoms with Crippen molar-refractivity contribution in [3.63, 3.8) is 0 Å². The van der Waals surface area contributed by atoms with Crippen LogP contribution in [0.2, 0.25) is 0 Å². The Morgan fingerprint density at radius 3 is 2.47 bits per heavy atom. The normalized spacial score (nSPS) is 21.9. The molecule has 1 heterocycles. The zero-order chi connectivity index (χ0) is 11.5. The molecule has 0 radical (unpaired) electrons. The number of likely N-dealkylation sites (N-methyl/N-ethyl adjacent to an activating group) is 1. The van der Waals surface area contributed by atoms with Gasteiger partial charge in [-0.15, -0.1) is 0 Å². The highest BCUT2D eigenvalue weighted by Gasteiger charge is 2.33. The molecule has 1 aliphatic heterocycles. The average molecular weight is 238 g/mol. The van der Waals surface area contributed by atoms with Crippen LogP contribution < -0.4 is 4.72 Å². The first-order chi connectivity index (χ1) is 6.90. The Morgan fingerprint density at radius 1 is 1.47 bits per heavy atom. The maximum absolute atomic E-state index is 11.4. The van der Waals surface area contributed by atoms with Crippen molar-refractivity contribution >= 4 is 10.2 Å². The van der Waals surface area contributed by atoms with E-state index in [1.807, 2.05) is 0 Å². The zero-order valence-electron chi connectivity index (χ0n) is 9.06. The van der Waals surface area contributed by atoms with Crippen LogP contribution in [0, 0.1) is 0 Å². The van der Waals surface area contributed by atoms with Gasteiger partial charge < -0.3 is 9.84 Å². The molecule has 0 aromatic heterocycles. The van der Waals surface area contributed by atoms with Gasteiger partial charge in [-0.05, 0) is 0 Å². The van der Waals surface area contributed by atoms with Crippen molar-refractivity contribution in [2.24, 2.45) is 0 Å². The second-order valence-corrected chi connectivity index (χ2v) is 5.78. The fourth-order valence-electron chi connectivity index (χ4n) is 1.56. The summed E-state index contributed by atoms with van der Waals surface area (Å²) in [5.74, 6) is 0. The Kier molecular flexibility index (Phi) is 4.07. The third-order valence-electron chi connectivity index (χ3n) is 2.61. The van der Waals surface area contributed by atoms with Crippen molar-refractivity contribution in [2.75, 3.05) is 33.9 Å². The van der Waals surface area contributed by atoms with Gasteiger partial charge in [-0.2, -0.15) is 12.7 Å². The lowest BCUT2D eigenvalue weighted by Crippen LogP contribution is -2.49. The van der Waals surface area contributed by atoms with Crippen LogP contribution in [0.25, 0.3) is 0 Å². The molecular weight excluding hydrogens is 220 g/mol. The number of hydrogen-bond acceptors (Lipinski definition) is 4. The Labute approximate surface area is 90.4 Å². The molecule has 2 N–H and O–H groups in total. The number of nitrogens with zero attached hydrogens (tertiary/aromatic N) is 1. The zero-order valence-corrected chi connectivity index (χ0v) is 9.88. The van der Waals surface area contributed by atoms with Crippen molar-refractivity contribution in [3.8, 4) is 0 Å². The molecule has 0 bridgehead atoms. The van der Waals surface area contributed by atoms with E-state index < -0.39 is 15.8 Å². The topological polar surface area (TPSA) is 78.9 Å². The van der Waals surface area contributed by atoms with Gasteiger partial charge in [-0.3, -0.25) is 0 Å². The van der Waals surface area contributed by atoms with Crippen LogP contribution in [0.15, 0.2) is 0 Å². The molecule has 1 rings (SSSR count). The molecule has 0 aromatic carbocycles. The Morgan fingerprint density at radius 2 is 2.00 bits per heavy atom. The summed E-state index contributed by atoms with van der Waals surface area (Å²) in [6, 6.07) is 0. The van der Waals surface area contributed by atoms with E-state index in [-0.39, 0.29) is 6.54 Å². The molecule has 0 amide bonds. The summed E-state index contributed by atoms with van der Waals surface area (Å²) in [6.45, 7) is 1.05. The summed E-state index contributed by atoms with van der Waals surface area (Å²) in [7, 11) is -0.662. The Bertz CT molecular complexity index is 298. The summed E-state index contributed by atoms with van der Waals surface area (Å²) in [5.41, 5.74) is -0.961. The molecule has 0 aliphatic carbocycles. The van der Waals surface area contributed by atoms with Crippen LogP contribution in [-0.4, -0.2) is 57.3 Å². The van der Waals surface area contributed by atoms with Gasteiger partial charge in [0.05, 0.1) is 5.60 Å². The highest BCUT2D eigenvalue weighted by atomic mass is 32.2. The summed E-state index contributed by atoms with van der Waals surface area (Å²) in [4.78, 5) is 0. The minimum absolute atomic E-state index is 0.0968.